The van der Waals surface area contributed by atoms with Gasteiger partial charge in [0.25, 0.3) is 0 Å². The van der Waals surface area contributed by atoms with Gasteiger partial charge in [-0.25, -0.2) is 22.9 Å². The van der Waals surface area contributed by atoms with Crippen LogP contribution >= 0.6 is 15.8 Å². The van der Waals surface area contributed by atoms with Gasteiger partial charge < -0.3 is 0 Å². The van der Waals surface area contributed by atoms with Crippen molar-refractivity contribution in [3.05, 3.63) is 202 Å². The molecule has 1 aromatic heterocycles. The van der Waals surface area contributed by atoms with E-state index in [0.29, 0.717) is 0 Å². The fourth-order valence-electron chi connectivity index (χ4n) is 8.11. The van der Waals surface area contributed by atoms with E-state index < -0.39 is 15.8 Å². The zero-order chi connectivity index (χ0) is 40.2. The van der Waals surface area contributed by atoms with Gasteiger partial charge in [0.05, 0.1) is 5.44 Å². The second-order valence-electron chi connectivity index (χ2n) is 15.6. The largest absolute Gasteiger partial charge is 2.00 e. The number of aromatic nitrogens is 3. The molecule has 0 amide bonds. The van der Waals surface area contributed by atoms with Crippen LogP contribution in [0.25, 0.3) is 11.3 Å². The Morgan fingerprint density at radius 3 is 1.31 bits per heavy atom. The number of hydrogen-bond donors (Lipinski definition) is 0. The van der Waals surface area contributed by atoms with Crippen LogP contribution in [0.4, 0.5) is 0 Å². The predicted molar refractivity (Wildman–Crippen MR) is 249 cm³/mol. The minimum atomic E-state index is -1.03. The Hall–Kier alpha value is -4.68. The van der Waals surface area contributed by atoms with E-state index in [2.05, 4.69) is 188 Å². The van der Waals surface area contributed by atoms with Crippen molar-refractivity contribution in [2.75, 3.05) is 0 Å². The molecule has 7 aromatic carbocycles. The minimum Gasteiger partial charge on any atom is -0.249 e. The molecule has 1 heterocycles. The SMILES string of the molecule is Cc1cc(C)cc(P(c2cc(C)cc(C)c2)c2[cH-]ccc2[C@H](C)n2nnc(-c3ccccc3)c2P(c2cc(C)cc(C)c2)c2cc(C)cc(C)c2)c1.[Fe+2].c1cc[cH-]c1. The van der Waals surface area contributed by atoms with E-state index >= 15 is 0 Å². The maximum atomic E-state index is 5.10. The summed E-state index contributed by atoms with van der Waals surface area (Å²) in [4.78, 5) is 0. The maximum absolute atomic E-state index is 5.10. The molecule has 0 fully saturated rings. The molecule has 1 atom stereocenters. The monoisotopic (exact) mass is 837 g/mol. The summed E-state index contributed by atoms with van der Waals surface area (Å²) in [6.45, 7) is 20.0. The zero-order valence-corrected chi connectivity index (χ0v) is 38.0. The Bertz CT molecular complexity index is 2400. The molecule has 0 spiro atoms. The Morgan fingerprint density at radius 1 is 0.500 bits per heavy atom. The number of rotatable bonds is 9. The molecule has 0 radical (unpaired) electrons. The van der Waals surface area contributed by atoms with Gasteiger partial charge in [-0.2, -0.15) is 35.9 Å². The summed E-state index contributed by atoms with van der Waals surface area (Å²) in [5, 5.41) is 16.9. The summed E-state index contributed by atoms with van der Waals surface area (Å²) in [5.74, 6) is 0. The topological polar surface area (TPSA) is 30.7 Å². The molecule has 0 saturated carbocycles. The van der Waals surface area contributed by atoms with Crippen molar-refractivity contribution < 1.29 is 17.1 Å². The van der Waals surface area contributed by atoms with Crippen molar-refractivity contribution in [3.63, 3.8) is 0 Å². The average molecular weight is 838 g/mol. The fraction of sp³-hybridized carbons (Fsp3) is 0.192. The van der Waals surface area contributed by atoms with E-state index in [-0.39, 0.29) is 23.1 Å². The van der Waals surface area contributed by atoms with Gasteiger partial charge in [0.2, 0.25) is 0 Å². The third-order valence-electron chi connectivity index (χ3n) is 10.2. The fourth-order valence-corrected chi connectivity index (χ4v) is 14.0. The van der Waals surface area contributed by atoms with Gasteiger partial charge in [-0.3, -0.25) is 0 Å². The quantitative estimate of drug-likeness (QED) is 0.0824. The second-order valence-corrected chi connectivity index (χ2v) is 19.9. The summed E-state index contributed by atoms with van der Waals surface area (Å²) < 4.78 is 2.26. The zero-order valence-electron chi connectivity index (χ0n) is 35.1. The maximum Gasteiger partial charge on any atom is 2.00 e. The summed E-state index contributed by atoms with van der Waals surface area (Å²) in [6.07, 6.45) is 0. The number of nitrogens with zero attached hydrogens (tertiary/aromatic N) is 3. The third kappa shape index (κ3) is 9.77. The second kappa shape index (κ2) is 18.9. The molecule has 0 saturated heterocycles. The van der Waals surface area contributed by atoms with Crippen LogP contribution in [0.3, 0.4) is 0 Å². The number of hydrogen-bond acceptors (Lipinski definition) is 2. The normalized spacial score (nSPS) is 11.6. The van der Waals surface area contributed by atoms with Crippen LogP contribution in [0.5, 0.6) is 0 Å². The van der Waals surface area contributed by atoms with Crippen LogP contribution in [0, 0.1) is 55.4 Å². The molecule has 8 aromatic rings. The van der Waals surface area contributed by atoms with Crippen LogP contribution in [0.1, 0.15) is 63.0 Å². The van der Waals surface area contributed by atoms with E-state index in [0.717, 1.165) is 11.3 Å². The average Bonchev–Trinajstić information content (AvgIpc) is 3.95. The summed E-state index contributed by atoms with van der Waals surface area (Å²) in [5.41, 5.74) is 14.8. The Labute approximate surface area is 359 Å². The molecular formula is C52H53FeN3P2. The molecule has 0 unspecified atom stereocenters. The Morgan fingerprint density at radius 2 is 0.914 bits per heavy atom. The molecule has 0 aliphatic heterocycles. The van der Waals surface area contributed by atoms with Crippen molar-refractivity contribution in [3.8, 4) is 11.3 Å². The Kier molecular flexibility index (Phi) is 14.0. The van der Waals surface area contributed by atoms with Gasteiger partial charge >= 0.3 is 17.1 Å². The van der Waals surface area contributed by atoms with Crippen LogP contribution in [-0.2, 0) is 17.1 Å². The van der Waals surface area contributed by atoms with Crippen molar-refractivity contribution >= 4 is 47.8 Å². The van der Waals surface area contributed by atoms with E-state index in [1.807, 2.05) is 30.3 Å². The molecule has 0 N–H and O–H groups in total. The van der Waals surface area contributed by atoms with E-state index in [4.69, 9.17) is 10.3 Å². The smallest absolute Gasteiger partial charge is 0.249 e. The van der Waals surface area contributed by atoms with Gasteiger partial charge in [0, 0.05) is 19.5 Å². The van der Waals surface area contributed by atoms with Crippen molar-refractivity contribution in [2.24, 2.45) is 0 Å². The van der Waals surface area contributed by atoms with Crippen molar-refractivity contribution in [1.29, 1.82) is 0 Å². The van der Waals surface area contributed by atoms with Crippen LogP contribution in [0.2, 0.25) is 0 Å². The van der Waals surface area contributed by atoms with Crippen LogP contribution in [-0.4, -0.2) is 15.0 Å². The Balaban J connectivity index is 0.000000878. The third-order valence-corrected chi connectivity index (χ3v) is 15.1. The molecule has 0 aliphatic carbocycles. The molecule has 6 heteroatoms. The van der Waals surface area contributed by atoms with Crippen molar-refractivity contribution in [2.45, 2.75) is 68.4 Å². The minimum absolute atomic E-state index is 0. The molecule has 294 valence electrons. The standard InChI is InChI=1S/C47H48N3P2.C5H5.Fe/c1-30-18-31(2)23-40(22-30)51(41-24-32(3)19-33(4)25-41)45-17-13-16-44(45)38(9)50-47(46(48-49-50)39-14-11-10-12-15-39)52(42-26-34(5)20-35(6)27-42)43-28-36(7)21-37(8)29-43;1-2-4-5-3-1;/h10-29,38H,1-9H3;1-5H;/q2*-1;+2/t38-;;/m0../s1. The molecule has 0 aliphatic rings. The summed E-state index contributed by atoms with van der Waals surface area (Å²) in [7, 11) is -1.87. The first-order chi connectivity index (χ1) is 27.4. The number of aryl methyl sites for hydroxylation is 8. The predicted octanol–water partition coefficient (Wildman–Crippen LogP) is 10.7. The van der Waals surface area contributed by atoms with Crippen LogP contribution in [0.15, 0.2) is 152 Å². The van der Waals surface area contributed by atoms with E-state index in [1.54, 1.807) is 0 Å². The van der Waals surface area contributed by atoms with E-state index in [9.17, 15) is 0 Å². The first kappa shape index (κ1) is 42.9. The first-order valence-corrected chi connectivity index (χ1v) is 22.5. The van der Waals surface area contributed by atoms with Gasteiger partial charge in [-0.05, 0) is 84.5 Å². The molecule has 3 nitrogen and oxygen atoms in total. The van der Waals surface area contributed by atoms with Crippen molar-refractivity contribution in [1.82, 2.24) is 15.0 Å². The summed E-state index contributed by atoms with van der Waals surface area (Å²) >= 11 is 0. The molecule has 58 heavy (non-hydrogen) atoms. The van der Waals surface area contributed by atoms with Crippen LogP contribution < -0.4 is 32.0 Å². The van der Waals surface area contributed by atoms with Gasteiger partial charge in [0.15, 0.2) is 0 Å². The van der Waals surface area contributed by atoms with Gasteiger partial charge in [-0.15, -0.1) is 10.4 Å². The number of benzene rings is 5. The molecular weight excluding hydrogens is 784 g/mol. The first-order valence-electron chi connectivity index (χ1n) is 19.8. The van der Waals surface area contributed by atoms with Gasteiger partial charge in [0.1, 0.15) is 5.69 Å². The molecule has 0 bridgehead atoms. The van der Waals surface area contributed by atoms with Gasteiger partial charge in [-0.1, -0.05) is 160 Å². The summed E-state index contributed by atoms with van der Waals surface area (Å²) in [6, 6.07) is 55.7. The molecule has 8 rings (SSSR count). The van der Waals surface area contributed by atoms with E-state index in [1.165, 1.54) is 82.0 Å².